The third kappa shape index (κ3) is 4.82. The Morgan fingerprint density at radius 3 is 2.68 bits per heavy atom. The lowest BCUT2D eigenvalue weighted by atomic mass is 10.1. The third-order valence-electron chi connectivity index (χ3n) is 4.37. The minimum absolute atomic E-state index is 0.0188. The van der Waals surface area contributed by atoms with Gasteiger partial charge in [0.15, 0.2) is 0 Å². The molecule has 2 amide bonds. The maximum absolute atomic E-state index is 12.0. The van der Waals surface area contributed by atoms with Crippen molar-refractivity contribution in [1.29, 1.82) is 0 Å². The van der Waals surface area contributed by atoms with Crippen LogP contribution < -0.4 is 15.5 Å². The average molecular weight is 357 g/mol. The third-order valence-corrected chi connectivity index (χ3v) is 5.37. The van der Waals surface area contributed by atoms with Crippen molar-refractivity contribution in [1.82, 2.24) is 10.6 Å². The predicted octanol–water partition coefficient (Wildman–Crippen LogP) is 2.43. The van der Waals surface area contributed by atoms with Gasteiger partial charge < -0.3 is 15.5 Å². The molecule has 1 saturated heterocycles. The van der Waals surface area contributed by atoms with Gasteiger partial charge in [-0.3, -0.25) is 9.59 Å². The van der Waals surface area contributed by atoms with Crippen molar-refractivity contribution >= 4 is 28.8 Å². The largest absolute Gasteiger partial charge is 0.371 e. The Labute approximate surface area is 152 Å². The van der Waals surface area contributed by atoms with Crippen molar-refractivity contribution in [3.8, 4) is 0 Å². The molecule has 1 atom stereocenters. The quantitative estimate of drug-likeness (QED) is 0.835. The number of carbonyl (C=O) groups excluding carboxylic acids is 2. The van der Waals surface area contributed by atoms with Crippen molar-refractivity contribution < 1.29 is 9.59 Å². The number of nitrogens with zero attached hydrogens (tertiary/aromatic N) is 1. The maximum Gasteiger partial charge on any atom is 0.261 e. The summed E-state index contributed by atoms with van der Waals surface area (Å²) in [6.07, 6.45) is 1.07. The van der Waals surface area contributed by atoms with Gasteiger partial charge in [-0.25, -0.2) is 0 Å². The summed E-state index contributed by atoms with van der Waals surface area (Å²) in [5, 5.41) is 5.60. The molecule has 1 aromatic carbocycles. The summed E-state index contributed by atoms with van der Waals surface area (Å²) in [6, 6.07) is 14.0. The van der Waals surface area contributed by atoms with Crippen LogP contribution in [0.4, 0.5) is 5.69 Å². The number of anilines is 1. The smallest absolute Gasteiger partial charge is 0.261 e. The number of aryl methyl sites for hydroxylation is 1. The first-order valence-corrected chi connectivity index (χ1v) is 9.35. The minimum atomic E-state index is -0.190. The van der Waals surface area contributed by atoms with Gasteiger partial charge in [-0.05, 0) is 43.5 Å². The van der Waals surface area contributed by atoms with Crippen molar-refractivity contribution in [2.75, 3.05) is 31.1 Å². The first-order chi connectivity index (χ1) is 12.1. The normalized spacial score (nSPS) is 16.7. The second kappa shape index (κ2) is 8.16. The van der Waals surface area contributed by atoms with Gasteiger partial charge in [-0.15, -0.1) is 11.3 Å². The van der Waals surface area contributed by atoms with E-state index >= 15 is 0 Å². The van der Waals surface area contributed by atoms with Crippen molar-refractivity contribution in [3.05, 3.63) is 52.2 Å². The number of benzene rings is 1. The van der Waals surface area contributed by atoms with Crippen LogP contribution in [0.15, 0.2) is 42.5 Å². The number of thiophene rings is 1. The van der Waals surface area contributed by atoms with Crippen LogP contribution in [-0.4, -0.2) is 38.0 Å². The zero-order valence-corrected chi connectivity index (χ0v) is 15.1. The monoisotopic (exact) mass is 357 g/mol. The standard InChI is InChI=1S/C19H23N3O2S/c1-14-7-8-17(25-14)19(24)21-12-18(23)20-11-15-9-10-22(13-15)16-5-3-2-4-6-16/h2-8,15H,9-13H2,1H3,(H,20,23)(H,21,24). The Morgan fingerprint density at radius 1 is 1.16 bits per heavy atom. The molecule has 1 aliphatic heterocycles. The van der Waals surface area contributed by atoms with Crippen LogP contribution in [0, 0.1) is 12.8 Å². The zero-order chi connectivity index (χ0) is 17.6. The topological polar surface area (TPSA) is 61.4 Å². The molecule has 132 valence electrons. The van der Waals surface area contributed by atoms with Gasteiger partial charge in [0.1, 0.15) is 0 Å². The van der Waals surface area contributed by atoms with Crippen LogP contribution in [-0.2, 0) is 4.79 Å². The fraction of sp³-hybridized carbons (Fsp3) is 0.368. The number of nitrogens with one attached hydrogen (secondary N) is 2. The summed E-state index contributed by atoms with van der Waals surface area (Å²) in [7, 11) is 0. The van der Waals surface area contributed by atoms with Crippen LogP contribution in [0.1, 0.15) is 21.0 Å². The molecule has 0 radical (unpaired) electrons. The predicted molar refractivity (Wildman–Crippen MR) is 101 cm³/mol. The summed E-state index contributed by atoms with van der Waals surface area (Å²) >= 11 is 1.43. The molecule has 5 nitrogen and oxygen atoms in total. The molecule has 3 rings (SSSR count). The molecule has 0 bridgehead atoms. The van der Waals surface area contributed by atoms with E-state index in [1.807, 2.05) is 31.2 Å². The molecule has 1 unspecified atom stereocenters. The number of amides is 2. The van der Waals surface area contributed by atoms with E-state index in [-0.39, 0.29) is 18.4 Å². The Bertz CT molecular complexity index is 729. The van der Waals surface area contributed by atoms with Crippen LogP contribution in [0.25, 0.3) is 0 Å². The molecule has 0 aliphatic carbocycles. The lowest BCUT2D eigenvalue weighted by molar-refractivity contribution is -0.120. The Hall–Kier alpha value is -2.34. The minimum Gasteiger partial charge on any atom is -0.371 e. The summed E-state index contributed by atoms with van der Waals surface area (Å²) in [6.45, 7) is 4.58. The van der Waals surface area contributed by atoms with Gasteiger partial charge >= 0.3 is 0 Å². The molecular weight excluding hydrogens is 334 g/mol. The Kier molecular flexibility index (Phi) is 5.71. The number of rotatable bonds is 6. The fourth-order valence-electron chi connectivity index (χ4n) is 3.00. The highest BCUT2D eigenvalue weighted by molar-refractivity contribution is 7.13. The lowest BCUT2D eigenvalue weighted by Crippen LogP contribution is -2.39. The molecule has 0 saturated carbocycles. The van der Waals surface area contributed by atoms with Crippen molar-refractivity contribution in [2.45, 2.75) is 13.3 Å². The van der Waals surface area contributed by atoms with Gasteiger partial charge in [0.05, 0.1) is 11.4 Å². The molecular formula is C19H23N3O2S. The lowest BCUT2D eigenvalue weighted by Gasteiger charge is -2.18. The van der Waals surface area contributed by atoms with Crippen LogP contribution in [0.2, 0.25) is 0 Å². The van der Waals surface area contributed by atoms with Crippen molar-refractivity contribution in [2.24, 2.45) is 5.92 Å². The number of carbonyl (C=O) groups is 2. The van der Waals surface area contributed by atoms with E-state index in [1.54, 1.807) is 6.07 Å². The molecule has 2 aromatic rings. The van der Waals surface area contributed by atoms with Gasteiger partial charge in [0.2, 0.25) is 5.91 Å². The summed E-state index contributed by atoms with van der Waals surface area (Å²) in [5.41, 5.74) is 1.23. The van der Waals surface area contributed by atoms with Crippen molar-refractivity contribution in [3.63, 3.8) is 0 Å². The number of para-hydroxylation sites is 1. The fourth-order valence-corrected chi connectivity index (χ4v) is 3.78. The molecule has 25 heavy (non-hydrogen) atoms. The SMILES string of the molecule is Cc1ccc(C(=O)NCC(=O)NCC2CCN(c3ccccc3)C2)s1. The summed E-state index contributed by atoms with van der Waals surface area (Å²) in [4.78, 5) is 28.0. The molecule has 1 aromatic heterocycles. The summed E-state index contributed by atoms with van der Waals surface area (Å²) < 4.78 is 0. The first kappa shape index (κ1) is 17.5. The van der Waals surface area contributed by atoms with E-state index < -0.39 is 0 Å². The van der Waals surface area contributed by atoms with Gasteiger partial charge in [-0.1, -0.05) is 18.2 Å². The maximum atomic E-state index is 12.0. The molecule has 6 heteroatoms. The second-order valence-corrected chi connectivity index (χ2v) is 7.62. The highest BCUT2D eigenvalue weighted by atomic mass is 32.1. The highest BCUT2D eigenvalue weighted by Gasteiger charge is 2.23. The van der Waals surface area contributed by atoms with Gasteiger partial charge in [0, 0.05) is 30.2 Å². The van der Waals surface area contributed by atoms with Crippen LogP contribution >= 0.6 is 11.3 Å². The second-order valence-electron chi connectivity index (χ2n) is 6.33. The Morgan fingerprint density at radius 2 is 1.96 bits per heavy atom. The zero-order valence-electron chi connectivity index (χ0n) is 14.3. The van der Waals surface area contributed by atoms with Gasteiger partial charge in [0.25, 0.3) is 5.91 Å². The van der Waals surface area contributed by atoms with E-state index in [4.69, 9.17) is 0 Å². The molecule has 0 spiro atoms. The Balaban J connectivity index is 1.37. The first-order valence-electron chi connectivity index (χ1n) is 8.53. The number of hydrogen-bond acceptors (Lipinski definition) is 4. The van der Waals surface area contributed by atoms with E-state index in [0.717, 1.165) is 24.4 Å². The van der Waals surface area contributed by atoms with E-state index in [2.05, 4.69) is 27.7 Å². The molecule has 2 N–H and O–H groups in total. The van der Waals surface area contributed by atoms with Crippen LogP contribution in [0.5, 0.6) is 0 Å². The molecule has 1 aliphatic rings. The van der Waals surface area contributed by atoms with E-state index in [9.17, 15) is 9.59 Å². The van der Waals surface area contributed by atoms with E-state index in [1.165, 1.54) is 17.0 Å². The van der Waals surface area contributed by atoms with Gasteiger partial charge in [-0.2, -0.15) is 0 Å². The highest BCUT2D eigenvalue weighted by Crippen LogP contribution is 2.22. The molecule has 1 fully saturated rings. The summed E-state index contributed by atoms with van der Waals surface area (Å²) in [5.74, 6) is 0.115. The van der Waals surface area contributed by atoms with Crippen LogP contribution in [0.3, 0.4) is 0 Å². The average Bonchev–Trinajstić information content (AvgIpc) is 3.28. The molecule has 2 heterocycles. The van der Waals surface area contributed by atoms with E-state index in [0.29, 0.717) is 17.3 Å². The number of hydrogen-bond donors (Lipinski definition) is 2.